The molecule has 6 nitrogen and oxygen atoms in total. The number of hydrogen-bond acceptors (Lipinski definition) is 5. The average molecular weight is 423 g/mol. The van der Waals surface area contributed by atoms with Crippen LogP contribution in [0.4, 0.5) is 5.69 Å². The van der Waals surface area contributed by atoms with Crippen molar-refractivity contribution >= 4 is 26.8 Å². The van der Waals surface area contributed by atoms with Crippen molar-refractivity contribution in [2.24, 2.45) is 4.99 Å². The Kier molecular flexibility index (Phi) is 5.32. The van der Waals surface area contributed by atoms with Crippen LogP contribution in [0.5, 0.6) is 0 Å². The minimum atomic E-state index is -4.41. The van der Waals surface area contributed by atoms with Gasteiger partial charge in [-0.25, -0.2) is 0 Å². The number of fused-ring (bicyclic) bond motifs is 2. The fourth-order valence-electron chi connectivity index (χ4n) is 3.66. The first-order valence-corrected chi connectivity index (χ1v) is 11.2. The molecule has 2 aliphatic rings. The van der Waals surface area contributed by atoms with Crippen LogP contribution in [0.25, 0.3) is 33.4 Å². The largest absolute Gasteiger partial charge is 0.456 e. The van der Waals surface area contributed by atoms with Crippen LogP contribution in [0.1, 0.15) is 13.8 Å². The first-order chi connectivity index (χ1) is 14.4. The van der Waals surface area contributed by atoms with Crippen LogP contribution in [0.3, 0.4) is 0 Å². The Hall–Kier alpha value is -3.16. The maximum atomic E-state index is 12.1. The third-order valence-corrected chi connectivity index (χ3v) is 5.77. The number of benzene rings is 3. The maximum Gasteiger partial charge on any atom is 0.295 e. The molecule has 2 N–H and O–H groups in total. The van der Waals surface area contributed by atoms with Crippen molar-refractivity contribution in [2.45, 2.75) is 18.7 Å². The Bertz CT molecular complexity index is 1370. The van der Waals surface area contributed by atoms with E-state index in [0.717, 1.165) is 28.5 Å². The monoisotopic (exact) mass is 422 g/mol. The number of hydrogen-bond donors (Lipinski definition) is 2. The van der Waals surface area contributed by atoms with E-state index in [1.54, 1.807) is 18.2 Å². The lowest BCUT2D eigenvalue weighted by Gasteiger charge is -2.17. The molecule has 0 fully saturated rings. The van der Waals surface area contributed by atoms with Gasteiger partial charge in [0.05, 0.1) is 5.36 Å². The highest BCUT2D eigenvalue weighted by atomic mass is 32.2. The molecule has 1 heterocycles. The quantitative estimate of drug-likeness (QED) is 0.356. The highest BCUT2D eigenvalue weighted by molar-refractivity contribution is 7.86. The van der Waals surface area contributed by atoms with Crippen LogP contribution in [0, 0.1) is 0 Å². The Labute approximate surface area is 175 Å². The van der Waals surface area contributed by atoms with Gasteiger partial charge in [0.2, 0.25) is 0 Å². The van der Waals surface area contributed by atoms with Gasteiger partial charge >= 0.3 is 0 Å². The van der Waals surface area contributed by atoms with E-state index >= 15 is 0 Å². The first-order valence-electron chi connectivity index (χ1n) is 9.74. The minimum Gasteiger partial charge on any atom is -0.456 e. The van der Waals surface area contributed by atoms with E-state index in [4.69, 9.17) is 4.42 Å². The molecular weight excluding hydrogens is 400 g/mol. The Morgan fingerprint density at radius 3 is 2.53 bits per heavy atom. The summed E-state index contributed by atoms with van der Waals surface area (Å²) in [6, 6.07) is 17.7. The summed E-state index contributed by atoms with van der Waals surface area (Å²) < 4.78 is 40.2. The Balaban J connectivity index is 2.15. The van der Waals surface area contributed by atoms with Crippen molar-refractivity contribution in [3.05, 3.63) is 66.0 Å². The van der Waals surface area contributed by atoms with Gasteiger partial charge in [-0.1, -0.05) is 18.2 Å². The zero-order valence-electron chi connectivity index (χ0n) is 16.7. The molecule has 0 spiro atoms. The summed E-state index contributed by atoms with van der Waals surface area (Å²) in [6.45, 7) is 5.37. The van der Waals surface area contributed by atoms with Gasteiger partial charge in [-0.2, -0.15) is 8.42 Å². The lowest BCUT2D eigenvalue weighted by Crippen LogP contribution is -2.05. The molecule has 0 amide bonds. The van der Waals surface area contributed by atoms with Crippen LogP contribution in [-0.4, -0.2) is 26.1 Å². The lowest BCUT2D eigenvalue weighted by molar-refractivity contribution is 0.483. The summed E-state index contributed by atoms with van der Waals surface area (Å²) in [5, 5.41) is 4.79. The van der Waals surface area contributed by atoms with E-state index in [-0.39, 0.29) is 4.90 Å². The van der Waals surface area contributed by atoms with Crippen LogP contribution < -0.4 is 10.7 Å². The number of anilines is 1. The third-order valence-electron chi connectivity index (χ3n) is 4.86. The van der Waals surface area contributed by atoms with Crippen LogP contribution in [-0.2, 0) is 10.1 Å². The van der Waals surface area contributed by atoms with Crippen molar-refractivity contribution < 1.29 is 17.4 Å². The van der Waals surface area contributed by atoms with E-state index in [2.05, 4.69) is 10.3 Å². The molecule has 0 saturated carbocycles. The lowest BCUT2D eigenvalue weighted by atomic mass is 9.93. The van der Waals surface area contributed by atoms with Crippen molar-refractivity contribution in [3.8, 4) is 22.5 Å². The molecule has 7 heteroatoms. The van der Waals surface area contributed by atoms with Gasteiger partial charge in [0, 0.05) is 53.0 Å². The second-order valence-electron chi connectivity index (χ2n) is 6.84. The normalized spacial score (nSPS) is 12.6. The summed E-state index contributed by atoms with van der Waals surface area (Å²) in [5.41, 5.74) is 3.35. The van der Waals surface area contributed by atoms with E-state index in [1.165, 1.54) is 6.07 Å². The second kappa shape index (κ2) is 7.93. The smallest absolute Gasteiger partial charge is 0.295 e. The van der Waals surface area contributed by atoms with Gasteiger partial charge in [-0.05, 0) is 44.2 Å². The molecule has 0 saturated heterocycles. The molecular formula is C23H22N2O4S. The van der Waals surface area contributed by atoms with Crippen LogP contribution >= 0.6 is 0 Å². The standard InChI is InChI=1S/C23H22N2O4S/c1-3-24-15-9-11-17-20(13-15)29-21-14-16(25-4-2)10-12-18(21)23(17)19-7-5-6-8-22(19)30(26,27)28/h5-14,24H,3-4H2,1-2H3,(H,26,27,28)/b25-16+. The molecule has 4 rings (SSSR count). The molecule has 2 aromatic rings. The summed E-state index contributed by atoms with van der Waals surface area (Å²) in [4.78, 5) is 4.29. The van der Waals surface area contributed by atoms with E-state index in [0.29, 0.717) is 29.0 Å². The predicted octanol–water partition coefficient (Wildman–Crippen LogP) is 4.80. The van der Waals surface area contributed by atoms with Gasteiger partial charge in [-0.3, -0.25) is 9.55 Å². The summed E-state index contributed by atoms with van der Waals surface area (Å²) in [5.74, 6) is 0.589. The molecule has 154 valence electrons. The van der Waals surface area contributed by atoms with Crippen molar-refractivity contribution in [1.29, 1.82) is 0 Å². The summed E-state index contributed by atoms with van der Waals surface area (Å²) in [6.07, 6.45) is 0. The topological polar surface area (TPSA) is 91.9 Å². The average Bonchev–Trinajstić information content (AvgIpc) is 2.72. The van der Waals surface area contributed by atoms with Gasteiger partial charge in [0.25, 0.3) is 10.1 Å². The van der Waals surface area contributed by atoms with E-state index < -0.39 is 10.1 Å². The summed E-state index contributed by atoms with van der Waals surface area (Å²) >= 11 is 0. The van der Waals surface area contributed by atoms with Crippen molar-refractivity contribution in [3.63, 3.8) is 0 Å². The Morgan fingerprint density at radius 2 is 1.80 bits per heavy atom. The molecule has 0 atom stereocenters. The number of nitrogens with zero attached hydrogens (tertiary/aromatic N) is 1. The molecule has 0 bridgehead atoms. The molecule has 1 aliphatic heterocycles. The van der Waals surface area contributed by atoms with Gasteiger partial charge in [-0.15, -0.1) is 0 Å². The molecule has 0 radical (unpaired) electrons. The first kappa shape index (κ1) is 20.1. The van der Waals surface area contributed by atoms with Gasteiger partial charge < -0.3 is 9.73 Å². The van der Waals surface area contributed by atoms with Crippen molar-refractivity contribution in [1.82, 2.24) is 0 Å². The predicted molar refractivity (Wildman–Crippen MR) is 118 cm³/mol. The SMILES string of the molecule is CC/N=c1\ccc2c(-c3ccccc3S(=O)(=O)O)c3ccc(NCC)cc3oc-2c1. The number of rotatable bonds is 5. The van der Waals surface area contributed by atoms with Gasteiger partial charge in [0.1, 0.15) is 16.2 Å². The highest BCUT2D eigenvalue weighted by Gasteiger charge is 2.23. The van der Waals surface area contributed by atoms with Gasteiger partial charge in [0.15, 0.2) is 0 Å². The second-order valence-corrected chi connectivity index (χ2v) is 8.23. The Morgan fingerprint density at radius 1 is 1.00 bits per heavy atom. The molecule has 30 heavy (non-hydrogen) atoms. The molecule has 2 aromatic carbocycles. The van der Waals surface area contributed by atoms with Crippen molar-refractivity contribution in [2.75, 3.05) is 18.4 Å². The minimum absolute atomic E-state index is 0.142. The van der Waals surface area contributed by atoms with E-state index in [9.17, 15) is 13.0 Å². The summed E-state index contributed by atoms with van der Waals surface area (Å²) in [7, 11) is -4.41. The van der Waals surface area contributed by atoms with Crippen LogP contribution in [0.15, 0.2) is 75.0 Å². The zero-order chi connectivity index (χ0) is 21.3. The third kappa shape index (κ3) is 3.69. The zero-order valence-corrected chi connectivity index (χ0v) is 17.5. The molecule has 1 aliphatic carbocycles. The van der Waals surface area contributed by atoms with E-state index in [1.807, 2.05) is 50.2 Å². The van der Waals surface area contributed by atoms with Crippen LogP contribution in [0.2, 0.25) is 0 Å². The maximum absolute atomic E-state index is 12.1. The molecule has 0 unspecified atom stereocenters. The number of nitrogens with one attached hydrogen (secondary N) is 1. The fourth-order valence-corrected chi connectivity index (χ4v) is 4.36. The highest BCUT2D eigenvalue weighted by Crippen LogP contribution is 2.42. The fraction of sp³-hybridized carbons (Fsp3) is 0.174. The molecule has 0 aromatic heterocycles.